The number of unbranched alkanes of at least 4 members (excludes halogenated alkanes) is 10. The van der Waals surface area contributed by atoms with E-state index in [-0.39, 0.29) is 45.1 Å². The van der Waals surface area contributed by atoms with Crippen molar-refractivity contribution >= 4 is 25.4 Å². The van der Waals surface area contributed by atoms with Crippen LogP contribution in [0.5, 0.6) is 0 Å². The molecule has 0 aromatic rings. The molecular weight excluding hydrogens is 496 g/mol. The first-order chi connectivity index (χ1) is 18.1. The van der Waals surface area contributed by atoms with Gasteiger partial charge in [0.25, 0.3) is 0 Å². The maximum absolute atomic E-state index is 12.0. The third-order valence-electron chi connectivity index (χ3n) is 4.75. The molecule has 0 aliphatic carbocycles. The van der Waals surface area contributed by atoms with Crippen molar-refractivity contribution in [2.24, 2.45) is 0 Å². The summed E-state index contributed by atoms with van der Waals surface area (Å²) >= 11 is 0. The molecule has 0 heterocycles. The van der Waals surface area contributed by atoms with Crippen LogP contribution in [0.1, 0.15) is 103 Å². The summed E-state index contributed by atoms with van der Waals surface area (Å²) in [6, 6.07) is 0. The number of aliphatic hydroxyl groups excluding tert-OH is 1. The highest BCUT2D eigenvalue weighted by atomic mass is 32.1. The van der Waals surface area contributed by atoms with Crippen molar-refractivity contribution in [2.45, 2.75) is 90.1 Å². The number of hydrogen-bond acceptors (Lipinski definition) is 5. The van der Waals surface area contributed by atoms with E-state index in [1.807, 2.05) is 0 Å². The largest absolute Gasteiger partial charge is 0.456 e. The molecule has 0 saturated heterocycles. The number of aliphatic hydroxyl groups is 1. The van der Waals surface area contributed by atoms with E-state index in [4.69, 9.17) is 15.9 Å². The van der Waals surface area contributed by atoms with Crippen molar-refractivity contribution in [1.82, 2.24) is 0 Å². The van der Waals surface area contributed by atoms with Gasteiger partial charge >= 0.3 is 11.9 Å². The molecule has 0 unspecified atom stereocenters. The van der Waals surface area contributed by atoms with Crippen LogP contribution in [0.25, 0.3) is 0 Å². The van der Waals surface area contributed by atoms with Crippen LogP contribution in [0, 0.1) is 83.4 Å². The Morgan fingerprint density at radius 2 is 1.18 bits per heavy atom. The summed E-state index contributed by atoms with van der Waals surface area (Å²) in [6.45, 7) is 1.48. The van der Waals surface area contributed by atoms with Gasteiger partial charge in [-0.1, -0.05) is 71.1 Å². The van der Waals surface area contributed by atoms with E-state index in [0.29, 0.717) is 0 Å². The average molecular weight is 559 g/mol. The molecule has 0 aliphatic rings. The molecule has 0 aromatic carbocycles. The van der Waals surface area contributed by atoms with E-state index < -0.39 is 24.6 Å². The van der Waals surface area contributed by atoms with Crippen molar-refractivity contribution in [1.29, 1.82) is 0 Å². The van der Waals surface area contributed by atoms with Gasteiger partial charge in [0.15, 0.2) is 6.10 Å². The van der Waals surface area contributed by atoms with Crippen LogP contribution in [0.2, 0.25) is 0 Å². The highest BCUT2D eigenvalue weighted by molar-refractivity contribution is 7.59. The van der Waals surface area contributed by atoms with Gasteiger partial charge in [0.05, 0.1) is 6.61 Å². The van der Waals surface area contributed by atoms with Crippen LogP contribution in [0.4, 0.5) is 0 Å². The molecule has 1 N–H and O–H groups in total. The van der Waals surface area contributed by atoms with Crippen molar-refractivity contribution in [3.63, 3.8) is 0 Å². The van der Waals surface area contributed by atoms with E-state index in [1.54, 1.807) is 0 Å². The minimum atomic E-state index is -0.929. The minimum Gasteiger partial charge on any atom is -0.456 e. The Bertz CT molecular complexity index is 1150. The SMILES string of the molecule is C#CC#CC#CC#CC#CC#CC#CC(=O)OC[C@H](CO)OC(=O)CCCCCCCCCCCCC.S.[HH].[HH].[HH].[HH].[HH].[HH].[HH].[HH].[HH].[HH].[HH].[HH].[HH]. The third-order valence-corrected chi connectivity index (χ3v) is 4.75. The second kappa shape index (κ2) is 29.4. The summed E-state index contributed by atoms with van der Waals surface area (Å²) in [5.74, 6) is 29.3. The smallest absolute Gasteiger partial charge is 0.385 e. The summed E-state index contributed by atoms with van der Waals surface area (Å²) in [5.41, 5.74) is 0. The number of ether oxygens (including phenoxy) is 2. The highest BCUT2D eigenvalue weighted by Gasteiger charge is 2.15. The van der Waals surface area contributed by atoms with Gasteiger partial charge in [0.1, 0.15) is 6.61 Å². The van der Waals surface area contributed by atoms with Crippen molar-refractivity contribution in [3.05, 3.63) is 0 Å². The third kappa shape index (κ3) is 26.8. The van der Waals surface area contributed by atoms with E-state index in [2.05, 4.69) is 83.9 Å². The van der Waals surface area contributed by atoms with Crippen LogP contribution in [-0.2, 0) is 19.1 Å². The molecule has 0 aliphatic heterocycles. The molecule has 0 radical (unpaired) electrons. The van der Waals surface area contributed by atoms with Crippen LogP contribution in [0.3, 0.4) is 0 Å². The van der Waals surface area contributed by atoms with Crippen LogP contribution >= 0.6 is 13.5 Å². The predicted molar refractivity (Wildman–Crippen MR) is 182 cm³/mol. The topological polar surface area (TPSA) is 72.8 Å². The first kappa shape index (κ1) is 36.3. The zero-order valence-corrected chi connectivity index (χ0v) is 23.1. The van der Waals surface area contributed by atoms with Gasteiger partial charge < -0.3 is 14.6 Å². The quantitative estimate of drug-likeness (QED) is 0.0947. The average Bonchev–Trinajstić information content (AvgIpc) is 2.90. The van der Waals surface area contributed by atoms with Gasteiger partial charge in [0, 0.05) is 30.9 Å². The number of carbonyl (C=O) groups is 2. The van der Waals surface area contributed by atoms with E-state index >= 15 is 0 Å². The summed E-state index contributed by atoms with van der Waals surface area (Å²) in [7, 11) is 0. The zero-order valence-electron chi connectivity index (χ0n) is 22.1. The van der Waals surface area contributed by atoms with Crippen LogP contribution < -0.4 is 0 Å². The molecule has 6 heteroatoms. The second-order valence-corrected chi connectivity index (χ2v) is 7.82. The molecule has 0 amide bonds. The number of esters is 2. The van der Waals surface area contributed by atoms with Gasteiger partial charge in [-0.2, -0.15) is 13.5 Å². The lowest BCUT2D eigenvalue weighted by molar-refractivity contribution is -0.159. The lowest BCUT2D eigenvalue weighted by Gasteiger charge is -2.14. The normalized spacial score (nSPS) is 8.87. The number of rotatable bonds is 16. The van der Waals surface area contributed by atoms with Crippen molar-refractivity contribution in [2.75, 3.05) is 13.2 Å². The molecule has 1 atom stereocenters. The first-order valence-electron chi connectivity index (χ1n) is 12.6. The van der Waals surface area contributed by atoms with E-state index in [0.717, 1.165) is 19.3 Å². The molecule has 0 saturated carbocycles. The Morgan fingerprint density at radius 1 is 0.737 bits per heavy atom. The Morgan fingerprint density at radius 3 is 1.66 bits per heavy atom. The number of terminal acetylenes is 1. The van der Waals surface area contributed by atoms with Crippen molar-refractivity contribution < 1.29 is 42.7 Å². The monoisotopic (exact) mass is 558 g/mol. The van der Waals surface area contributed by atoms with E-state index in [1.165, 1.54) is 51.4 Å². The Labute approximate surface area is 255 Å². The summed E-state index contributed by atoms with van der Waals surface area (Å²) in [4.78, 5) is 23.6. The predicted octanol–water partition coefficient (Wildman–Crippen LogP) is 7.10. The first-order valence-corrected chi connectivity index (χ1v) is 12.6. The fourth-order valence-electron chi connectivity index (χ4n) is 2.91. The molecule has 0 rings (SSSR count). The van der Waals surface area contributed by atoms with Gasteiger partial charge in [-0.15, -0.1) is 6.42 Å². The maximum Gasteiger partial charge on any atom is 0.385 e. The zero-order chi connectivity index (χ0) is 27.2. The van der Waals surface area contributed by atoms with Gasteiger partial charge in [-0.25, -0.2) is 4.79 Å². The van der Waals surface area contributed by atoms with Crippen LogP contribution in [0.15, 0.2) is 0 Å². The summed E-state index contributed by atoms with van der Waals surface area (Å²) in [6.07, 6.45) is 17.4. The Hall–Kier alpha value is -3.83. The molecular formula is C32H62O5S. The summed E-state index contributed by atoms with van der Waals surface area (Å²) < 4.78 is 10.1. The van der Waals surface area contributed by atoms with Gasteiger partial charge in [0.2, 0.25) is 0 Å². The lowest BCUT2D eigenvalue weighted by atomic mass is 10.1. The van der Waals surface area contributed by atoms with E-state index in [9.17, 15) is 14.7 Å². The molecule has 5 nitrogen and oxygen atoms in total. The Kier molecular flexibility index (Phi) is 28.1. The fourth-order valence-corrected chi connectivity index (χ4v) is 2.91. The lowest BCUT2D eigenvalue weighted by Crippen LogP contribution is -2.28. The van der Waals surface area contributed by atoms with Crippen molar-refractivity contribution in [3.8, 4) is 83.4 Å². The molecule has 0 spiro atoms. The second-order valence-electron chi connectivity index (χ2n) is 7.82. The molecule has 0 bridgehead atoms. The Balaban J connectivity index is -0.0000000712. The molecule has 226 valence electrons. The summed E-state index contributed by atoms with van der Waals surface area (Å²) in [5, 5.41) is 9.36. The molecule has 0 aromatic heterocycles. The fraction of sp³-hybridized carbons (Fsp3) is 0.500. The number of carbonyl (C=O) groups excluding carboxylic acids is 2. The van der Waals surface area contributed by atoms with Gasteiger partial charge in [-0.3, -0.25) is 4.79 Å². The van der Waals surface area contributed by atoms with Gasteiger partial charge in [-0.05, 0) is 77.5 Å². The standard InChI is InChI=1S/C32H34O5.H2S.13H2/c1-3-5-7-9-11-13-15-17-18-20-22-24-26-31(34)36-29-30(28-33)37-32(35)27-25-23-21-19-16-14-12-10-8-6-4-2;;;;;;;;;;;;;;/h1,30,33H,4,6,8,10,12,14,16,19,21,23,25,27-29H2,2H3;1H2;13*1H/t30-;;;;;;;;;;;;;;/m0............../s1. The number of hydrogen-bond donors (Lipinski definition) is 1. The molecule has 0 fully saturated rings. The highest BCUT2D eigenvalue weighted by Crippen LogP contribution is 2.12. The minimum absolute atomic E-state index is 0. The van der Waals surface area contributed by atoms with Crippen LogP contribution in [-0.4, -0.2) is 36.4 Å². The maximum atomic E-state index is 12.0. The molecule has 38 heavy (non-hydrogen) atoms.